The number of nitrogen functional groups attached to an aromatic ring is 1. The molecule has 0 spiro atoms. The fourth-order valence-corrected chi connectivity index (χ4v) is 10.8. The van der Waals surface area contributed by atoms with E-state index in [1.165, 1.54) is 65.7 Å². The van der Waals surface area contributed by atoms with Crippen LogP contribution in [0.25, 0.3) is 82.5 Å². The van der Waals surface area contributed by atoms with Gasteiger partial charge in [-0.3, -0.25) is 0 Å². The van der Waals surface area contributed by atoms with Crippen LogP contribution in [0.5, 0.6) is 0 Å². The van der Waals surface area contributed by atoms with Crippen LogP contribution in [0.2, 0.25) is 0 Å². The van der Waals surface area contributed by atoms with E-state index in [0.29, 0.717) is 0 Å². The predicted octanol–water partition coefficient (Wildman–Crippen LogP) is 18.3. The number of benzene rings is 7. The molecule has 70 heavy (non-hydrogen) atoms. The van der Waals surface area contributed by atoms with Crippen LogP contribution in [0.3, 0.4) is 0 Å². The van der Waals surface area contributed by atoms with Crippen molar-refractivity contribution < 1.29 is 0 Å². The zero-order valence-corrected chi connectivity index (χ0v) is 45.5. The third-order valence-corrected chi connectivity index (χ3v) is 15.4. The molecule has 10 rings (SSSR count). The predicted molar refractivity (Wildman–Crippen MR) is 306 cm³/mol. The van der Waals surface area contributed by atoms with Crippen molar-refractivity contribution in [1.82, 2.24) is 13.7 Å². The Morgan fingerprint density at radius 3 is 0.686 bits per heavy atom. The molecule has 360 valence electrons. The van der Waals surface area contributed by atoms with Gasteiger partial charge in [-0.1, -0.05) is 161 Å². The van der Waals surface area contributed by atoms with Crippen LogP contribution < -0.4 is 5.73 Å². The smallest absolute Gasteiger partial charge is 0.0957 e. The lowest BCUT2D eigenvalue weighted by Gasteiger charge is -2.24. The third kappa shape index (κ3) is 7.63. The van der Waals surface area contributed by atoms with Crippen LogP contribution in [-0.2, 0) is 32.5 Å². The van der Waals surface area contributed by atoms with E-state index in [9.17, 15) is 0 Å². The number of aromatic nitrogens is 3. The normalized spacial score (nSPS) is 13.6. The Morgan fingerprint density at radius 2 is 0.457 bits per heavy atom. The summed E-state index contributed by atoms with van der Waals surface area (Å²) < 4.78 is 7.43. The molecule has 0 amide bonds. The molecule has 7 aromatic carbocycles. The van der Waals surface area contributed by atoms with Gasteiger partial charge in [0, 0.05) is 32.3 Å². The molecule has 4 nitrogen and oxygen atoms in total. The maximum Gasteiger partial charge on any atom is 0.0957 e. The van der Waals surface area contributed by atoms with Crippen LogP contribution in [0, 0.1) is 0 Å². The van der Waals surface area contributed by atoms with E-state index in [4.69, 9.17) is 5.73 Å². The fourth-order valence-electron chi connectivity index (χ4n) is 10.8. The highest BCUT2D eigenvalue weighted by Gasteiger charge is 2.29. The largest absolute Gasteiger partial charge is 0.395 e. The van der Waals surface area contributed by atoms with Gasteiger partial charge in [-0.05, 0) is 151 Å². The number of rotatable bonds is 3. The first-order valence-electron chi connectivity index (χ1n) is 25.6. The van der Waals surface area contributed by atoms with Gasteiger partial charge in [0.1, 0.15) is 0 Å². The minimum absolute atomic E-state index is 0.0159. The van der Waals surface area contributed by atoms with Gasteiger partial charge < -0.3 is 19.4 Å². The topological polar surface area (TPSA) is 40.8 Å². The Hall–Kier alpha value is -6.26. The first-order chi connectivity index (χ1) is 32.4. The highest BCUT2D eigenvalue weighted by atomic mass is 15.1. The van der Waals surface area contributed by atoms with E-state index >= 15 is 0 Å². The fraction of sp³-hybridized carbons (Fsp3) is 0.364. The molecule has 10 aromatic rings. The maximum absolute atomic E-state index is 8.13. The van der Waals surface area contributed by atoms with Crippen molar-refractivity contribution in [2.24, 2.45) is 0 Å². The van der Waals surface area contributed by atoms with Crippen LogP contribution in [0.15, 0.2) is 121 Å². The van der Waals surface area contributed by atoms with Crippen molar-refractivity contribution in [1.29, 1.82) is 0 Å². The van der Waals surface area contributed by atoms with Crippen molar-refractivity contribution in [3.05, 3.63) is 155 Å². The van der Waals surface area contributed by atoms with Gasteiger partial charge >= 0.3 is 0 Å². The Balaban J connectivity index is 1.40. The molecule has 0 aliphatic carbocycles. The molecule has 0 radical (unpaired) electrons. The minimum Gasteiger partial charge on any atom is -0.395 e. The molecule has 0 saturated carbocycles. The molecular weight excluding hydrogens is 849 g/mol. The van der Waals surface area contributed by atoms with E-state index in [2.05, 4.69) is 260 Å². The summed E-state index contributed by atoms with van der Waals surface area (Å²) in [6.07, 6.45) is 0. The molecule has 0 unspecified atom stereocenters. The van der Waals surface area contributed by atoms with E-state index in [0.717, 1.165) is 55.8 Å². The Labute approximate surface area is 417 Å². The number of nitrogens with two attached hydrogens (primary N) is 1. The standard InChI is InChI=1S/C66H76N4/c1-61(2,3)39-19-25-51-45(33-39)46-34-40(62(4,5)6)20-26-52(46)68(51)57-31-32-58(69-53-27-21-41(63(7,8)9)35-47(53)48-36-42(64(10,11)12)22-28-54(48)69)60(59(57)67)70-55-29-23-43(65(13,14)15)37-49(55)50-38-44(66(16,17)18)24-30-56(50)70/h19-38H,67H2,1-18H3. The molecule has 2 N–H and O–H groups in total. The lowest BCUT2D eigenvalue weighted by molar-refractivity contribution is 0.590. The molecule has 0 bridgehead atoms. The van der Waals surface area contributed by atoms with E-state index < -0.39 is 0 Å². The molecular formula is C66H76N4. The zero-order valence-electron chi connectivity index (χ0n) is 45.5. The lowest BCUT2D eigenvalue weighted by atomic mass is 9.85. The molecule has 3 aromatic heterocycles. The van der Waals surface area contributed by atoms with E-state index in [1.54, 1.807) is 0 Å². The summed E-state index contributed by atoms with van der Waals surface area (Å²) in [5, 5.41) is 7.45. The highest BCUT2D eigenvalue weighted by Crippen LogP contribution is 2.47. The number of fused-ring (bicyclic) bond motifs is 9. The molecule has 4 heteroatoms. The molecule has 0 aliphatic heterocycles. The quantitative estimate of drug-likeness (QED) is 0.176. The van der Waals surface area contributed by atoms with E-state index in [-0.39, 0.29) is 32.5 Å². The number of hydrogen-bond acceptors (Lipinski definition) is 1. The van der Waals surface area contributed by atoms with Gasteiger partial charge in [-0.15, -0.1) is 0 Å². The summed E-state index contributed by atoms with van der Waals surface area (Å²) in [7, 11) is 0. The van der Waals surface area contributed by atoms with Crippen molar-refractivity contribution in [2.45, 2.75) is 157 Å². The van der Waals surface area contributed by atoms with Gasteiger partial charge in [0.15, 0.2) is 0 Å². The third-order valence-electron chi connectivity index (χ3n) is 15.4. The SMILES string of the molecule is CC(C)(C)c1ccc2c(c1)c1cc(C(C)(C)C)ccc1n2-c1ccc(-n2c3ccc(C(C)(C)C)cc3c3cc(C(C)(C)C)ccc32)c(-n2c3ccc(C(C)(C)C)cc3c3cc(C(C)(C)C)ccc32)c1N. The maximum atomic E-state index is 8.13. The van der Waals surface area contributed by atoms with Gasteiger partial charge in [0.2, 0.25) is 0 Å². The van der Waals surface area contributed by atoms with E-state index in [1.807, 2.05) is 0 Å². The van der Waals surface area contributed by atoms with Crippen molar-refractivity contribution in [3.63, 3.8) is 0 Å². The van der Waals surface area contributed by atoms with Crippen molar-refractivity contribution in [3.8, 4) is 17.1 Å². The Bertz CT molecular complexity index is 3550. The summed E-state index contributed by atoms with van der Waals surface area (Å²) in [6.45, 7) is 41.6. The van der Waals surface area contributed by atoms with Gasteiger partial charge in [-0.25, -0.2) is 0 Å². The number of nitrogens with zero attached hydrogens (tertiary/aromatic N) is 3. The van der Waals surface area contributed by atoms with Crippen LogP contribution in [0.1, 0.15) is 158 Å². The molecule has 0 aliphatic rings. The summed E-state index contributed by atoms with van der Waals surface area (Å²) in [5.74, 6) is 0. The van der Waals surface area contributed by atoms with Crippen LogP contribution >= 0.6 is 0 Å². The second-order valence-electron chi connectivity index (χ2n) is 26.8. The second-order valence-corrected chi connectivity index (χ2v) is 26.8. The van der Waals surface area contributed by atoms with Gasteiger partial charge in [0.05, 0.1) is 55.8 Å². The molecule has 0 saturated heterocycles. The summed E-state index contributed by atoms with van der Waals surface area (Å²) in [4.78, 5) is 0. The van der Waals surface area contributed by atoms with Crippen LogP contribution in [0.4, 0.5) is 5.69 Å². The van der Waals surface area contributed by atoms with Crippen LogP contribution in [-0.4, -0.2) is 13.7 Å². The average molecular weight is 925 g/mol. The Kier molecular flexibility index (Phi) is 10.4. The van der Waals surface area contributed by atoms with Crippen molar-refractivity contribution >= 4 is 71.1 Å². The van der Waals surface area contributed by atoms with Gasteiger partial charge in [0.25, 0.3) is 0 Å². The first kappa shape index (κ1) is 47.4. The first-order valence-corrected chi connectivity index (χ1v) is 25.6. The highest BCUT2D eigenvalue weighted by molar-refractivity contribution is 6.14. The molecule has 0 fully saturated rings. The van der Waals surface area contributed by atoms with Crippen molar-refractivity contribution in [2.75, 3.05) is 5.73 Å². The Morgan fingerprint density at radius 1 is 0.257 bits per heavy atom. The molecule has 3 heterocycles. The summed E-state index contributed by atoms with van der Waals surface area (Å²) in [6, 6.07) is 47.3. The summed E-state index contributed by atoms with van der Waals surface area (Å²) >= 11 is 0. The second kappa shape index (κ2) is 15.4. The lowest BCUT2D eigenvalue weighted by Crippen LogP contribution is -2.12. The minimum atomic E-state index is -0.0363. The number of anilines is 1. The zero-order chi connectivity index (χ0) is 50.6. The summed E-state index contributed by atoms with van der Waals surface area (Å²) in [5.41, 5.74) is 26.4. The molecule has 0 atom stereocenters. The monoisotopic (exact) mass is 925 g/mol. The van der Waals surface area contributed by atoms with Gasteiger partial charge in [-0.2, -0.15) is 0 Å². The average Bonchev–Trinajstić information content (AvgIpc) is 3.88. The number of hydrogen-bond donors (Lipinski definition) is 1.